The van der Waals surface area contributed by atoms with Crippen molar-refractivity contribution in [3.05, 3.63) is 76.5 Å². The summed E-state index contributed by atoms with van der Waals surface area (Å²) in [5.74, 6) is -0.204. The van der Waals surface area contributed by atoms with Crippen LogP contribution in [0.2, 0.25) is 5.02 Å². The lowest BCUT2D eigenvalue weighted by molar-refractivity contribution is -0.136. The molecule has 0 aliphatic carbocycles. The molecule has 1 N–H and O–H groups in total. The highest BCUT2D eigenvalue weighted by Gasteiger charge is 2.06. The standard InChI is InChI=1S/C21H23ClO4/c1-2-25-20(21(23)24)5-3-4-16-8-12-19(13-9-16)26-15-14-17-6-10-18(22)11-7-17/h5-13H,2-4,14-15H2,1H3,(H,23,24). The van der Waals surface area contributed by atoms with Crippen LogP contribution in [-0.2, 0) is 22.4 Å². The van der Waals surface area contributed by atoms with Crippen LogP contribution in [-0.4, -0.2) is 24.3 Å². The summed E-state index contributed by atoms with van der Waals surface area (Å²) in [4.78, 5) is 11.0. The second-order valence-corrected chi connectivity index (χ2v) is 6.15. The van der Waals surface area contributed by atoms with Gasteiger partial charge in [-0.1, -0.05) is 35.9 Å². The zero-order valence-corrected chi connectivity index (χ0v) is 15.5. The van der Waals surface area contributed by atoms with E-state index in [0.717, 1.165) is 29.2 Å². The average Bonchev–Trinajstić information content (AvgIpc) is 2.64. The fourth-order valence-corrected chi connectivity index (χ4v) is 2.55. The minimum absolute atomic E-state index is 0.00894. The lowest BCUT2D eigenvalue weighted by Crippen LogP contribution is -2.05. The summed E-state index contributed by atoms with van der Waals surface area (Å²) in [6.07, 6.45) is 3.79. The van der Waals surface area contributed by atoms with E-state index in [4.69, 9.17) is 26.2 Å². The van der Waals surface area contributed by atoms with Crippen molar-refractivity contribution in [3.8, 4) is 5.75 Å². The molecule has 2 aromatic carbocycles. The second kappa shape index (κ2) is 10.5. The maximum Gasteiger partial charge on any atom is 0.370 e. The monoisotopic (exact) mass is 374 g/mol. The van der Waals surface area contributed by atoms with Gasteiger partial charge in [-0.2, -0.15) is 0 Å². The summed E-state index contributed by atoms with van der Waals surface area (Å²) in [5.41, 5.74) is 2.30. The molecule has 0 amide bonds. The molecule has 2 aromatic rings. The summed E-state index contributed by atoms with van der Waals surface area (Å²) in [6.45, 7) is 2.71. The zero-order valence-electron chi connectivity index (χ0n) is 14.8. The summed E-state index contributed by atoms with van der Waals surface area (Å²) >= 11 is 5.87. The normalized spacial score (nSPS) is 11.2. The Morgan fingerprint density at radius 1 is 1.04 bits per heavy atom. The van der Waals surface area contributed by atoms with Crippen LogP contribution in [0.3, 0.4) is 0 Å². The van der Waals surface area contributed by atoms with Gasteiger partial charge in [-0.05, 0) is 61.2 Å². The molecule has 2 rings (SSSR count). The van der Waals surface area contributed by atoms with E-state index in [1.807, 2.05) is 48.5 Å². The Kier molecular flexibility index (Phi) is 8.03. The molecule has 26 heavy (non-hydrogen) atoms. The van der Waals surface area contributed by atoms with Gasteiger partial charge in [0.25, 0.3) is 0 Å². The Labute approximate surface area is 159 Å². The van der Waals surface area contributed by atoms with Crippen LogP contribution in [0.4, 0.5) is 0 Å². The van der Waals surface area contributed by atoms with Crippen molar-refractivity contribution in [3.63, 3.8) is 0 Å². The third-order valence-electron chi connectivity index (χ3n) is 3.77. The van der Waals surface area contributed by atoms with Crippen molar-refractivity contribution >= 4 is 17.6 Å². The van der Waals surface area contributed by atoms with Gasteiger partial charge in [0.05, 0.1) is 13.2 Å². The fraction of sp³-hybridized carbons (Fsp3) is 0.286. The van der Waals surface area contributed by atoms with Crippen LogP contribution >= 0.6 is 11.6 Å². The number of aryl methyl sites for hydroxylation is 1. The molecule has 4 nitrogen and oxygen atoms in total. The molecule has 0 radical (unpaired) electrons. The quantitative estimate of drug-likeness (QED) is 0.474. The van der Waals surface area contributed by atoms with Gasteiger partial charge in [-0.15, -0.1) is 0 Å². The first-order valence-electron chi connectivity index (χ1n) is 8.61. The van der Waals surface area contributed by atoms with Crippen LogP contribution in [0, 0.1) is 0 Å². The number of halogens is 1. The smallest absolute Gasteiger partial charge is 0.370 e. The Morgan fingerprint density at radius 2 is 1.65 bits per heavy atom. The van der Waals surface area contributed by atoms with Crippen molar-refractivity contribution < 1.29 is 19.4 Å². The minimum Gasteiger partial charge on any atom is -0.493 e. The number of hydrogen-bond acceptors (Lipinski definition) is 3. The molecule has 0 unspecified atom stereocenters. The largest absolute Gasteiger partial charge is 0.493 e. The third-order valence-corrected chi connectivity index (χ3v) is 4.02. The highest BCUT2D eigenvalue weighted by atomic mass is 35.5. The van der Waals surface area contributed by atoms with E-state index >= 15 is 0 Å². The van der Waals surface area contributed by atoms with Crippen LogP contribution in [0.1, 0.15) is 24.5 Å². The molecule has 0 heterocycles. The molecule has 0 spiro atoms. The van der Waals surface area contributed by atoms with Crippen molar-refractivity contribution in [2.75, 3.05) is 13.2 Å². The minimum atomic E-state index is -1.03. The van der Waals surface area contributed by atoms with Gasteiger partial charge in [0.1, 0.15) is 5.75 Å². The maximum atomic E-state index is 11.0. The van der Waals surface area contributed by atoms with Gasteiger partial charge < -0.3 is 14.6 Å². The Balaban J connectivity index is 1.77. The van der Waals surface area contributed by atoms with Crippen molar-refractivity contribution in [2.24, 2.45) is 0 Å². The predicted molar refractivity (Wildman–Crippen MR) is 103 cm³/mol. The van der Waals surface area contributed by atoms with E-state index in [1.165, 1.54) is 5.56 Å². The Bertz CT molecular complexity index is 721. The first-order valence-corrected chi connectivity index (χ1v) is 8.98. The van der Waals surface area contributed by atoms with Crippen molar-refractivity contribution in [2.45, 2.75) is 26.2 Å². The molecule has 0 aromatic heterocycles. The molecule has 0 saturated carbocycles. The number of carbonyl (C=O) groups is 1. The Morgan fingerprint density at radius 3 is 2.27 bits per heavy atom. The molecule has 0 aliphatic rings. The Hall–Kier alpha value is -2.46. The number of allylic oxidation sites excluding steroid dienone is 1. The molecule has 0 atom stereocenters. The van der Waals surface area contributed by atoms with Gasteiger partial charge in [0, 0.05) is 11.4 Å². The highest BCUT2D eigenvalue weighted by molar-refractivity contribution is 6.30. The molecule has 0 saturated heterocycles. The lowest BCUT2D eigenvalue weighted by atomic mass is 10.1. The first-order chi connectivity index (χ1) is 12.6. The molecule has 138 valence electrons. The molecule has 5 heteroatoms. The van der Waals surface area contributed by atoms with E-state index in [1.54, 1.807) is 13.0 Å². The second-order valence-electron chi connectivity index (χ2n) is 5.71. The number of hydrogen-bond donors (Lipinski definition) is 1. The van der Waals surface area contributed by atoms with Gasteiger partial charge in [0.15, 0.2) is 5.76 Å². The number of carboxylic acids is 1. The summed E-state index contributed by atoms with van der Waals surface area (Å²) in [6, 6.07) is 15.6. The predicted octanol–water partition coefficient (Wildman–Crippen LogP) is 4.90. The zero-order chi connectivity index (χ0) is 18.8. The maximum absolute atomic E-state index is 11.0. The highest BCUT2D eigenvalue weighted by Crippen LogP contribution is 2.15. The molecule has 0 aliphatic heterocycles. The van der Waals surface area contributed by atoms with Gasteiger partial charge in [-0.25, -0.2) is 4.79 Å². The van der Waals surface area contributed by atoms with Crippen LogP contribution in [0.15, 0.2) is 60.4 Å². The van der Waals surface area contributed by atoms with E-state index in [0.29, 0.717) is 19.6 Å². The van der Waals surface area contributed by atoms with E-state index in [-0.39, 0.29) is 5.76 Å². The van der Waals surface area contributed by atoms with Crippen LogP contribution in [0.5, 0.6) is 5.75 Å². The molecular weight excluding hydrogens is 352 g/mol. The van der Waals surface area contributed by atoms with Crippen molar-refractivity contribution in [1.82, 2.24) is 0 Å². The van der Waals surface area contributed by atoms with E-state index in [2.05, 4.69) is 0 Å². The lowest BCUT2D eigenvalue weighted by Gasteiger charge is -2.08. The van der Waals surface area contributed by atoms with Crippen LogP contribution in [0.25, 0.3) is 0 Å². The topological polar surface area (TPSA) is 55.8 Å². The van der Waals surface area contributed by atoms with E-state index in [9.17, 15) is 4.79 Å². The summed E-state index contributed by atoms with van der Waals surface area (Å²) < 4.78 is 10.8. The first kappa shape index (κ1) is 19.9. The summed E-state index contributed by atoms with van der Waals surface area (Å²) in [5, 5.41) is 9.73. The molecule has 0 fully saturated rings. The van der Waals surface area contributed by atoms with Gasteiger partial charge in [-0.3, -0.25) is 0 Å². The van der Waals surface area contributed by atoms with Gasteiger partial charge in [0.2, 0.25) is 0 Å². The number of ether oxygens (including phenoxy) is 2. The van der Waals surface area contributed by atoms with Gasteiger partial charge >= 0.3 is 5.97 Å². The number of benzene rings is 2. The number of rotatable bonds is 10. The summed E-state index contributed by atoms with van der Waals surface area (Å²) in [7, 11) is 0. The number of aliphatic carboxylic acids is 1. The average molecular weight is 375 g/mol. The van der Waals surface area contributed by atoms with Crippen molar-refractivity contribution in [1.29, 1.82) is 0 Å². The SMILES string of the molecule is CCOC(=CCCc1ccc(OCCc2ccc(Cl)cc2)cc1)C(=O)O. The third kappa shape index (κ3) is 6.81. The molecular formula is C21H23ClO4. The van der Waals surface area contributed by atoms with Crippen LogP contribution < -0.4 is 4.74 Å². The number of carboxylic acid groups (broad SMARTS) is 1. The molecule has 0 bridgehead atoms. The van der Waals surface area contributed by atoms with E-state index < -0.39 is 5.97 Å². The fourth-order valence-electron chi connectivity index (χ4n) is 2.42.